The van der Waals surface area contributed by atoms with Gasteiger partial charge in [0.05, 0.1) is 44.2 Å². The van der Waals surface area contributed by atoms with E-state index in [0.29, 0.717) is 17.3 Å². The number of halogens is 3. The molecule has 1 amide bonds. The van der Waals surface area contributed by atoms with E-state index in [4.69, 9.17) is 2.74 Å². The van der Waals surface area contributed by atoms with E-state index in [0.717, 1.165) is 42.0 Å². The molecule has 11 nitrogen and oxygen atoms in total. The van der Waals surface area contributed by atoms with Crippen molar-refractivity contribution in [2.45, 2.75) is 24.9 Å². The maximum absolute atomic E-state index is 15.0. The summed E-state index contributed by atoms with van der Waals surface area (Å²) in [6.45, 7) is -1.24. The molecular formula is C25H23F3N8O3. The van der Waals surface area contributed by atoms with Crippen molar-refractivity contribution >= 4 is 5.91 Å². The van der Waals surface area contributed by atoms with Gasteiger partial charge in [-0.15, -0.1) is 5.10 Å². The molecule has 5 rings (SSSR count). The van der Waals surface area contributed by atoms with Gasteiger partial charge in [-0.25, -0.2) is 9.07 Å². The molecule has 0 aliphatic carbocycles. The first-order chi connectivity index (χ1) is 19.4. The lowest BCUT2D eigenvalue weighted by atomic mass is 10.0. The number of carbonyl (C=O) groups excluding carboxylic acids is 1. The maximum atomic E-state index is 15.0. The Balaban J connectivity index is 1.40. The number of pyridine rings is 1. The third kappa shape index (κ3) is 5.03. The minimum Gasteiger partial charge on any atom is -0.390 e. The molecule has 39 heavy (non-hydrogen) atoms. The molecule has 1 fully saturated rings. The van der Waals surface area contributed by atoms with Gasteiger partial charge >= 0.3 is 0 Å². The molecule has 0 spiro atoms. The second-order valence-corrected chi connectivity index (χ2v) is 8.87. The average molecular weight is 543 g/mol. The second kappa shape index (κ2) is 10.4. The number of aromatic nitrogens is 6. The summed E-state index contributed by atoms with van der Waals surface area (Å²) in [7, 11) is 0. The minimum absolute atomic E-state index is 0.118. The number of aliphatic hydroxyl groups is 1. The first-order valence-corrected chi connectivity index (χ1v) is 11.8. The predicted molar refractivity (Wildman–Crippen MR) is 132 cm³/mol. The summed E-state index contributed by atoms with van der Waals surface area (Å²) in [5.74, 6) is -6.89. The van der Waals surface area contributed by atoms with Crippen molar-refractivity contribution in [1.29, 1.82) is 0 Å². The number of carbonyl (C=O) groups is 1. The number of amides is 1. The molecule has 4 aromatic rings. The predicted octanol–water partition coefficient (Wildman–Crippen LogP) is 1.74. The van der Waals surface area contributed by atoms with Crippen LogP contribution in [0.2, 0.25) is 0 Å². The highest BCUT2D eigenvalue weighted by atomic mass is 19.3. The molecule has 0 bridgehead atoms. The molecule has 0 radical (unpaired) electrons. The fourth-order valence-corrected chi connectivity index (χ4v) is 4.10. The zero-order valence-electron chi connectivity index (χ0n) is 22.3. The summed E-state index contributed by atoms with van der Waals surface area (Å²) in [5.41, 5.74) is -1.02. The highest BCUT2D eigenvalue weighted by molar-refractivity contribution is 5.92. The molecular weight excluding hydrogens is 517 g/mol. The number of rotatable bonds is 8. The van der Waals surface area contributed by atoms with Gasteiger partial charge in [-0.2, -0.15) is 18.6 Å². The van der Waals surface area contributed by atoms with Crippen molar-refractivity contribution in [3.05, 3.63) is 88.0 Å². The van der Waals surface area contributed by atoms with Gasteiger partial charge in [0.25, 0.3) is 17.4 Å². The van der Waals surface area contributed by atoms with Crippen molar-refractivity contribution in [2.24, 2.45) is 0 Å². The first-order valence-electron chi connectivity index (χ1n) is 12.8. The molecule has 3 N–H and O–H groups in total. The number of hydrogen-bond acceptors (Lipinski definition) is 8. The van der Waals surface area contributed by atoms with E-state index in [-0.39, 0.29) is 23.0 Å². The topological polar surface area (TPSA) is 140 Å². The SMILES string of the molecule is [2H]C([2H])(O)C(F)(F)c1cccc([C@@H](C)NC(=O)c2ccc(=O)n(-c3cncc(-c4cnnn4C4CNC4)c3)n2)c1F. The van der Waals surface area contributed by atoms with Crippen LogP contribution in [0.4, 0.5) is 13.2 Å². The van der Waals surface area contributed by atoms with E-state index in [2.05, 4.69) is 31.0 Å². The lowest BCUT2D eigenvalue weighted by molar-refractivity contribution is -0.0584. The zero-order chi connectivity index (χ0) is 29.5. The molecule has 0 saturated carbocycles. The van der Waals surface area contributed by atoms with Crippen molar-refractivity contribution in [3.63, 3.8) is 0 Å². The summed E-state index contributed by atoms with van der Waals surface area (Å²) in [4.78, 5) is 29.8. The lowest BCUT2D eigenvalue weighted by Crippen LogP contribution is -2.44. The minimum atomic E-state index is -4.56. The van der Waals surface area contributed by atoms with Crippen LogP contribution in [0.25, 0.3) is 16.9 Å². The number of nitrogens with one attached hydrogen (secondary N) is 2. The van der Waals surface area contributed by atoms with Crippen LogP contribution in [0.15, 0.2) is 59.8 Å². The van der Waals surface area contributed by atoms with Crippen molar-refractivity contribution in [1.82, 2.24) is 40.4 Å². The van der Waals surface area contributed by atoms with Crippen molar-refractivity contribution in [3.8, 4) is 16.9 Å². The van der Waals surface area contributed by atoms with Gasteiger partial charge in [-0.05, 0) is 25.1 Å². The van der Waals surface area contributed by atoms with Gasteiger partial charge in [-0.1, -0.05) is 17.3 Å². The van der Waals surface area contributed by atoms with Crippen LogP contribution in [0, 0.1) is 5.82 Å². The second-order valence-electron chi connectivity index (χ2n) is 8.87. The van der Waals surface area contributed by atoms with Gasteiger partial charge in [0, 0.05) is 36.5 Å². The molecule has 0 unspecified atom stereocenters. The standard InChI is InChI=1S/C25H23F3N8O3/c1-14(18-3-2-4-19(23(18)26)25(27,28)13-37)32-24(39)20-5-6-22(38)36(33-20)16-7-15(8-29-9-16)21-12-31-34-35(21)17-10-30-11-17/h2-9,12,14,17,30,37H,10-11,13H2,1H3,(H,32,39)/t14-/m1/s1/i13D2. The number of alkyl halides is 2. The Hall–Kier alpha value is -4.43. The third-order valence-corrected chi connectivity index (χ3v) is 6.30. The monoisotopic (exact) mass is 542 g/mol. The van der Waals surface area contributed by atoms with Gasteiger partial charge in [0.1, 0.15) is 18.1 Å². The maximum Gasteiger partial charge on any atom is 0.298 e. The van der Waals surface area contributed by atoms with Gasteiger partial charge in [0.2, 0.25) is 0 Å². The molecule has 1 atom stereocenters. The smallest absolute Gasteiger partial charge is 0.298 e. The normalized spacial score (nSPS) is 15.7. The van der Waals surface area contributed by atoms with Crippen LogP contribution >= 0.6 is 0 Å². The Morgan fingerprint density at radius 1 is 1.28 bits per heavy atom. The summed E-state index contributed by atoms with van der Waals surface area (Å²) in [5, 5.41) is 27.0. The summed E-state index contributed by atoms with van der Waals surface area (Å²) < 4.78 is 60.3. The highest BCUT2D eigenvalue weighted by Gasteiger charge is 2.35. The van der Waals surface area contributed by atoms with E-state index in [1.54, 1.807) is 23.1 Å². The van der Waals surface area contributed by atoms with Crippen LogP contribution in [0.1, 0.15) is 43.4 Å². The lowest BCUT2D eigenvalue weighted by Gasteiger charge is -2.28. The van der Waals surface area contributed by atoms with E-state index < -0.39 is 41.4 Å². The quantitative estimate of drug-likeness (QED) is 0.306. The van der Waals surface area contributed by atoms with E-state index in [9.17, 15) is 23.5 Å². The van der Waals surface area contributed by atoms with E-state index >= 15 is 4.39 Å². The molecule has 3 aromatic heterocycles. The summed E-state index contributed by atoms with van der Waals surface area (Å²) >= 11 is 0. The molecule has 4 heterocycles. The largest absolute Gasteiger partial charge is 0.390 e. The Labute approximate surface area is 222 Å². The van der Waals surface area contributed by atoms with Crippen LogP contribution < -0.4 is 16.2 Å². The first kappa shape index (κ1) is 23.7. The number of benzene rings is 1. The fraction of sp³-hybridized carbons (Fsp3) is 0.280. The van der Waals surface area contributed by atoms with Crippen LogP contribution in [0.3, 0.4) is 0 Å². The van der Waals surface area contributed by atoms with Crippen LogP contribution in [-0.2, 0) is 5.92 Å². The summed E-state index contributed by atoms with van der Waals surface area (Å²) in [6, 6.07) is 5.67. The molecule has 202 valence electrons. The average Bonchev–Trinajstić information content (AvgIpc) is 3.36. The van der Waals surface area contributed by atoms with Gasteiger partial charge in [0.15, 0.2) is 0 Å². The molecule has 1 aliphatic heterocycles. The Morgan fingerprint density at radius 2 is 2.08 bits per heavy atom. The number of nitrogens with zero attached hydrogens (tertiary/aromatic N) is 6. The molecule has 14 heteroatoms. The Morgan fingerprint density at radius 3 is 2.79 bits per heavy atom. The third-order valence-electron chi connectivity index (χ3n) is 6.30. The molecule has 1 aromatic carbocycles. The Bertz CT molecular complexity index is 1670. The van der Waals surface area contributed by atoms with Crippen LogP contribution in [-0.4, -0.2) is 60.4 Å². The fourth-order valence-electron chi connectivity index (χ4n) is 4.10. The van der Waals surface area contributed by atoms with Gasteiger partial charge in [-0.3, -0.25) is 14.6 Å². The van der Waals surface area contributed by atoms with E-state index in [1.165, 1.54) is 13.1 Å². The van der Waals surface area contributed by atoms with Crippen molar-refractivity contribution in [2.75, 3.05) is 19.6 Å². The van der Waals surface area contributed by atoms with E-state index in [1.807, 2.05) is 0 Å². The highest BCUT2D eigenvalue weighted by Crippen LogP contribution is 2.32. The van der Waals surface area contributed by atoms with Gasteiger partial charge < -0.3 is 15.7 Å². The number of hydrogen-bond donors (Lipinski definition) is 3. The Kier molecular flexibility index (Phi) is 6.30. The zero-order valence-corrected chi connectivity index (χ0v) is 20.3. The van der Waals surface area contributed by atoms with Crippen LogP contribution in [0.5, 0.6) is 0 Å². The van der Waals surface area contributed by atoms with Crippen molar-refractivity contribution < 1.29 is 25.8 Å². The summed E-state index contributed by atoms with van der Waals surface area (Å²) in [6.07, 6.45) is 4.52. The molecule has 1 saturated heterocycles. The molecule has 1 aliphatic rings.